The number of benzene rings is 3. The van der Waals surface area contributed by atoms with Gasteiger partial charge in [0.1, 0.15) is 6.54 Å². The van der Waals surface area contributed by atoms with Crippen molar-refractivity contribution in [2.24, 2.45) is 0 Å². The summed E-state index contributed by atoms with van der Waals surface area (Å²) >= 11 is 0.691. The minimum atomic E-state index is -0.824. The fourth-order valence-corrected chi connectivity index (χ4v) is 4.26. The Morgan fingerprint density at radius 1 is 1.03 bits per heavy atom. The highest BCUT2D eigenvalue weighted by Gasteiger charge is 2.36. The monoisotopic (exact) mass is 533 g/mol. The predicted octanol–water partition coefficient (Wildman–Crippen LogP) is 4.50. The van der Waals surface area contributed by atoms with Gasteiger partial charge in [0.2, 0.25) is 5.91 Å². The number of hydrogen-bond donors (Lipinski definition) is 1. The molecule has 0 saturated carbocycles. The number of amides is 3. The average molecular weight is 534 g/mol. The third kappa shape index (κ3) is 6.05. The first-order valence-corrected chi connectivity index (χ1v) is 11.8. The van der Waals surface area contributed by atoms with Gasteiger partial charge in [0.25, 0.3) is 16.8 Å². The molecule has 0 atom stereocenters. The SMILES string of the molecule is COc1cc(/C=C2\SC(=O)N(CC(=O)Nc3ccccc3)C2=O)ccc1OC(=O)c1cccc([N+](=O)[O-])c1. The summed E-state index contributed by atoms with van der Waals surface area (Å²) in [5.41, 5.74) is 0.734. The van der Waals surface area contributed by atoms with Crippen LogP contribution in [0.4, 0.5) is 16.2 Å². The van der Waals surface area contributed by atoms with Gasteiger partial charge in [0.15, 0.2) is 11.5 Å². The number of carbonyl (C=O) groups excluding carboxylic acids is 4. The smallest absolute Gasteiger partial charge is 0.343 e. The van der Waals surface area contributed by atoms with Crippen molar-refractivity contribution in [2.75, 3.05) is 19.0 Å². The van der Waals surface area contributed by atoms with E-state index in [4.69, 9.17) is 9.47 Å². The molecule has 0 unspecified atom stereocenters. The number of nitro groups is 1. The molecule has 0 bridgehead atoms. The number of non-ortho nitro benzene ring substituents is 1. The molecule has 0 spiro atoms. The van der Waals surface area contributed by atoms with Crippen LogP contribution in [0.25, 0.3) is 6.08 Å². The van der Waals surface area contributed by atoms with Gasteiger partial charge in [0.05, 0.1) is 22.5 Å². The van der Waals surface area contributed by atoms with Crippen LogP contribution in [0.1, 0.15) is 15.9 Å². The number of esters is 1. The van der Waals surface area contributed by atoms with E-state index in [0.29, 0.717) is 23.0 Å². The average Bonchev–Trinajstić information content (AvgIpc) is 3.17. The van der Waals surface area contributed by atoms with Crippen LogP contribution in [-0.4, -0.2) is 46.5 Å². The molecule has 1 aliphatic heterocycles. The summed E-state index contributed by atoms with van der Waals surface area (Å²) in [4.78, 5) is 61.3. The van der Waals surface area contributed by atoms with Crippen molar-refractivity contribution in [1.29, 1.82) is 0 Å². The van der Waals surface area contributed by atoms with Crippen LogP contribution in [0.15, 0.2) is 77.7 Å². The Labute approximate surface area is 220 Å². The summed E-state index contributed by atoms with van der Waals surface area (Å²) in [5.74, 6) is -1.76. The number of nitro benzene ring substituents is 1. The van der Waals surface area contributed by atoms with Crippen LogP contribution in [0, 0.1) is 10.1 Å². The maximum absolute atomic E-state index is 12.8. The molecule has 0 aromatic heterocycles. The van der Waals surface area contributed by atoms with Gasteiger partial charge in [0, 0.05) is 17.8 Å². The zero-order valence-corrected chi connectivity index (χ0v) is 20.6. The number of methoxy groups -OCH3 is 1. The largest absolute Gasteiger partial charge is 0.493 e. The van der Waals surface area contributed by atoms with Crippen LogP contribution in [0.3, 0.4) is 0 Å². The van der Waals surface area contributed by atoms with E-state index in [1.165, 1.54) is 49.6 Å². The minimum Gasteiger partial charge on any atom is -0.493 e. The molecule has 11 nitrogen and oxygen atoms in total. The van der Waals surface area contributed by atoms with Crippen molar-refractivity contribution in [1.82, 2.24) is 4.90 Å². The molecule has 1 aliphatic rings. The zero-order valence-electron chi connectivity index (χ0n) is 19.8. The molecule has 12 heteroatoms. The van der Waals surface area contributed by atoms with Crippen LogP contribution >= 0.6 is 11.8 Å². The lowest BCUT2D eigenvalue weighted by Gasteiger charge is -2.12. The van der Waals surface area contributed by atoms with Gasteiger partial charge >= 0.3 is 5.97 Å². The van der Waals surface area contributed by atoms with Gasteiger partial charge in [-0.2, -0.15) is 0 Å². The topological polar surface area (TPSA) is 145 Å². The lowest BCUT2D eigenvalue weighted by atomic mass is 10.1. The third-order valence-corrected chi connectivity index (χ3v) is 6.12. The molecule has 0 aliphatic carbocycles. The van der Waals surface area contributed by atoms with Crippen LogP contribution in [0.5, 0.6) is 11.5 Å². The Balaban J connectivity index is 1.46. The molecule has 192 valence electrons. The highest BCUT2D eigenvalue weighted by atomic mass is 32.2. The number of nitrogens with zero attached hydrogens (tertiary/aromatic N) is 2. The summed E-state index contributed by atoms with van der Waals surface area (Å²) < 4.78 is 10.6. The molecular formula is C26H19N3O8S. The van der Waals surface area contributed by atoms with Crippen molar-refractivity contribution in [2.45, 2.75) is 0 Å². The van der Waals surface area contributed by atoms with Gasteiger partial charge in [-0.3, -0.25) is 29.4 Å². The van der Waals surface area contributed by atoms with Gasteiger partial charge in [-0.15, -0.1) is 0 Å². The fourth-order valence-electron chi connectivity index (χ4n) is 3.42. The maximum Gasteiger partial charge on any atom is 0.343 e. The van der Waals surface area contributed by atoms with E-state index >= 15 is 0 Å². The summed E-state index contributed by atoms with van der Waals surface area (Å²) in [5, 5.41) is 13.0. The second-order valence-electron chi connectivity index (χ2n) is 7.79. The van der Waals surface area contributed by atoms with Crippen molar-refractivity contribution in [3.8, 4) is 11.5 Å². The minimum absolute atomic E-state index is 0.0182. The van der Waals surface area contributed by atoms with E-state index in [0.717, 1.165) is 11.0 Å². The van der Waals surface area contributed by atoms with Gasteiger partial charge < -0.3 is 14.8 Å². The molecular weight excluding hydrogens is 514 g/mol. The van der Waals surface area contributed by atoms with E-state index in [-0.39, 0.29) is 27.7 Å². The number of anilines is 1. The Bertz CT molecular complexity index is 1470. The van der Waals surface area contributed by atoms with E-state index in [2.05, 4.69) is 5.32 Å². The number of rotatable bonds is 8. The summed E-state index contributed by atoms with van der Waals surface area (Å²) in [6.45, 7) is -0.438. The molecule has 4 rings (SSSR count). The van der Waals surface area contributed by atoms with Crippen LogP contribution in [-0.2, 0) is 9.59 Å². The second-order valence-corrected chi connectivity index (χ2v) is 8.78. The molecule has 1 heterocycles. The van der Waals surface area contributed by atoms with E-state index < -0.39 is 34.5 Å². The molecule has 1 fully saturated rings. The number of nitrogens with one attached hydrogen (secondary N) is 1. The summed E-state index contributed by atoms with van der Waals surface area (Å²) in [7, 11) is 1.35. The lowest BCUT2D eigenvalue weighted by molar-refractivity contribution is -0.384. The Morgan fingerprint density at radius 3 is 2.50 bits per heavy atom. The number of carbonyl (C=O) groups is 4. The number of para-hydroxylation sites is 1. The number of ether oxygens (including phenoxy) is 2. The molecule has 38 heavy (non-hydrogen) atoms. The van der Waals surface area contributed by atoms with Crippen molar-refractivity contribution < 1.29 is 33.6 Å². The zero-order chi connectivity index (χ0) is 27.2. The molecule has 3 aromatic carbocycles. The van der Waals surface area contributed by atoms with Gasteiger partial charge in [-0.25, -0.2) is 4.79 Å². The van der Waals surface area contributed by atoms with Crippen LogP contribution in [0.2, 0.25) is 0 Å². The normalized spacial score (nSPS) is 13.9. The molecule has 1 saturated heterocycles. The van der Waals surface area contributed by atoms with Gasteiger partial charge in [-0.05, 0) is 53.7 Å². The Kier molecular flexibility index (Phi) is 7.83. The molecule has 0 radical (unpaired) electrons. The van der Waals surface area contributed by atoms with E-state index in [1.807, 2.05) is 0 Å². The summed E-state index contributed by atoms with van der Waals surface area (Å²) in [6, 6.07) is 18.2. The van der Waals surface area contributed by atoms with E-state index in [9.17, 15) is 29.3 Å². The van der Waals surface area contributed by atoms with Crippen molar-refractivity contribution in [3.63, 3.8) is 0 Å². The maximum atomic E-state index is 12.8. The van der Waals surface area contributed by atoms with Crippen LogP contribution < -0.4 is 14.8 Å². The van der Waals surface area contributed by atoms with Crippen molar-refractivity contribution >= 4 is 52.2 Å². The fraction of sp³-hybridized carbons (Fsp3) is 0.0769. The summed E-state index contributed by atoms with van der Waals surface area (Å²) in [6.07, 6.45) is 1.45. The number of thioether (sulfide) groups is 1. The molecule has 3 aromatic rings. The first-order chi connectivity index (χ1) is 18.2. The lowest BCUT2D eigenvalue weighted by Crippen LogP contribution is -2.36. The number of hydrogen-bond acceptors (Lipinski definition) is 9. The van der Waals surface area contributed by atoms with Gasteiger partial charge in [-0.1, -0.05) is 30.3 Å². The number of imide groups is 1. The quantitative estimate of drug-likeness (QED) is 0.145. The Morgan fingerprint density at radius 2 is 1.79 bits per heavy atom. The molecule has 1 N–H and O–H groups in total. The first-order valence-electron chi connectivity index (χ1n) is 11.0. The molecule has 3 amide bonds. The highest BCUT2D eigenvalue weighted by Crippen LogP contribution is 2.35. The highest BCUT2D eigenvalue weighted by molar-refractivity contribution is 8.18. The third-order valence-electron chi connectivity index (χ3n) is 5.21. The van der Waals surface area contributed by atoms with E-state index in [1.54, 1.807) is 30.3 Å². The Hall–Kier alpha value is -4.97. The first kappa shape index (κ1) is 26.1. The standard InChI is InChI=1S/C26H19N3O8S/c1-36-21-12-16(10-11-20(21)37-25(32)17-6-5-9-19(14-17)29(34)35)13-22-24(31)28(26(33)38-22)15-23(30)27-18-7-3-2-4-8-18/h2-14H,15H2,1H3,(H,27,30)/b22-13-. The second kappa shape index (κ2) is 11.4. The van der Waals surface area contributed by atoms with Crippen molar-refractivity contribution in [3.05, 3.63) is 98.9 Å². The predicted molar refractivity (Wildman–Crippen MR) is 139 cm³/mol.